The number of ether oxygens (including phenoxy) is 1. The third-order valence-corrected chi connectivity index (χ3v) is 5.85. The second-order valence-corrected chi connectivity index (χ2v) is 7.90. The number of rotatable bonds is 6. The molecule has 1 saturated heterocycles. The summed E-state index contributed by atoms with van der Waals surface area (Å²) in [7, 11) is 0. The van der Waals surface area contributed by atoms with E-state index in [4.69, 9.17) is 9.26 Å². The van der Waals surface area contributed by atoms with Crippen molar-refractivity contribution in [3.63, 3.8) is 0 Å². The summed E-state index contributed by atoms with van der Waals surface area (Å²) in [6.07, 6.45) is 2.13. The average molecular weight is 415 g/mol. The SMILES string of the molecule is CSc1ccc(N2CC(C(=O)OCc3noc(-c4ccsc4)n3)CC2=O)cc1. The van der Waals surface area contributed by atoms with E-state index in [1.54, 1.807) is 16.7 Å². The number of thiophene rings is 1. The molecule has 1 aliphatic rings. The standard InChI is InChI=1S/C19H17N3O4S2/c1-27-15-4-2-14(3-5-15)22-9-13(8-17(22)23)19(24)25-10-16-20-18(26-21-16)12-6-7-28-11-12/h2-7,11,13H,8-10H2,1H3. The molecule has 0 saturated carbocycles. The Kier molecular flexibility index (Phi) is 5.45. The Morgan fingerprint density at radius 2 is 2.18 bits per heavy atom. The number of thioether (sulfide) groups is 1. The first-order valence-corrected chi connectivity index (χ1v) is 10.8. The number of anilines is 1. The molecule has 0 N–H and O–H groups in total. The molecule has 144 valence electrons. The van der Waals surface area contributed by atoms with Crippen LogP contribution in [0.15, 0.2) is 50.5 Å². The van der Waals surface area contributed by atoms with Gasteiger partial charge in [0.05, 0.1) is 11.5 Å². The van der Waals surface area contributed by atoms with E-state index in [1.165, 1.54) is 11.3 Å². The van der Waals surface area contributed by atoms with Crippen LogP contribution >= 0.6 is 23.1 Å². The molecule has 1 amide bonds. The first kappa shape index (κ1) is 18.7. The number of hydrogen-bond donors (Lipinski definition) is 0. The van der Waals surface area contributed by atoms with Gasteiger partial charge in [-0.3, -0.25) is 9.59 Å². The Morgan fingerprint density at radius 1 is 1.36 bits per heavy atom. The molecule has 1 aliphatic heterocycles. The molecule has 2 aromatic heterocycles. The summed E-state index contributed by atoms with van der Waals surface area (Å²) in [6.45, 7) is 0.224. The summed E-state index contributed by atoms with van der Waals surface area (Å²) < 4.78 is 10.5. The molecule has 28 heavy (non-hydrogen) atoms. The van der Waals surface area contributed by atoms with Gasteiger partial charge in [-0.2, -0.15) is 16.3 Å². The first-order chi connectivity index (χ1) is 13.6. The molecule has 1 atom stereocenters. The summed E-state index contributed by atoms with van der Waals surface area (Å²) in [5, 5.41) is 7.64. The second kappa shape index (κ2) is 8.15. The predicted octanol–water partition coefficient (Wildman–Crippen LogP) is 3.62. The van der Waals surface area contributed by atoms with E-state index in [2.05, 4.69) is 10.1 Å². The van der Waals surface area contributed by atoms with Crippen LogP contribution < -0.4 is 4.90 Å². The van der Waals surface area contributed by atoms with Crippen LogP contribution in [-0.4, -0.2) is 34.8 Å². The molecule has 1 aromatic carbocycles. The molecule has 0 radical (unpaired) electrons. The summed E-state index contributed by atoms with van der Waals surface area (Å²) in [4.78, 5) is 31.7. The van der Waals surface area contributed by atoms with Crippen molar-refractivity contribution in [3.05, 3.63) is 46.9 Å². The fourth-order valence-electron chi connectivity index (χ4n) is 2.95. The van der Waals surface area contributed by atoms with E-state index >= 15 is 0 Å². The minimum atomic E-state index is -0.504. The molecule has 3 heterocycles. The van der Waals surface area contributed by atoms with Crippen molar-refractivity contribution in [2.45, 2.75) is 17.9 Å². The number of hydrogen-bond acceptors (Lipinski definition) is 8. The van der Waals surface area contributed by atoms with E-state index < -0.39 is 11.9 Å². The van der Waals surface area contributed by atoms with Crippen molar-refractivity contribution in [2.75, 3.05) is 17.7 Å². The van der Waals surface area contributed by atoms with Gasteiger partial charge in [0.25, 0.3) is 5.89 Å². The highest BCUT2D eigenvalue weighted by atomic mass is 32.2. The smallest absolute Gasteiger partial charge is 0.311 e. The summed E-state index contributed by atoms with van der Waals surface area (Å²) >= 11 is 3.16. The highest BCUT2D eigenvalue weighted by Crippen LogP contribution is 2.28. The van der Waals surface area contributed by atoms with E-state index in [0.29, 0.717) is 18.3 Å². The van der Waals surface area contributed by atoms with Gasteiger partial charge in [-0.05, 0) is 42.0 Å². The highest BCUT2D eigenvalue weighted by Gasteiger charge is 2.36. The van der Waals surface area contributed by atoms with E-state index in [-0.39, 0.29) is 18.9 Å². The average Bonchev–Trinajstić information content (AvgIpc) is 3.46. The van der Waals surface area contributed by atoms with E-state index in [1.807, 2.05) is 47.3 Å². The van der Waals surface area contributed by atoms with Crippen LogP contribution in [-0.2, 0) is 20.9 Å². The third kappa shape index (κ3) is 3.95. The zero-order valence-electron chi connectivity index (χ0n) is 15.0. The maximum Gasteiger partial charge on any atom is 0.311 e. The summed E-state index contributed by atoms with van der Waals surface area (Å²) in [5.41, 5.74) is 1.62. The highest BCUT2D eigenvalue weighted by molar-refractivity contribution is 7.98. The Bertz CT molecular complexity index is 969. The van der Waals surface area contributed by atoms with Gasteiger partial charge < -0.3 is 14.2 Å². The predicted molar refractivity (Wildman–Crippen MR) is 106 cm³/mol. The number of aromatic nitrogens is 2. The van der Waals surface area contributed by atoms with Crippen molar-refractivity contribution in [2.24, 2.45) is 5.92 Å². The molecule has 0 aliphatic carbocycles. The van der Waals surface area contributed by atoms with Gasteiger partial charge in [-0.1, -0.05) is 5.16 Å². The van der Waals surface area contributed by atoms with Crippen LogP contribution in [0.25, 0.3) is 11.5 Å². The van der Waals surface area contributed by atoms with Crippen LogP contribution in [0.2, 0.25) is 0 Å². The van der Waals surface area contributed by atoms with Crippen molar-refractivity contribution in [3.8, 4) is 11.5 Å². The van der Waals surface area contributed by atoms with Gasteiger partial charge in [0, 0.05) is 28.9 Å². The molecule has 3 aromatic rings. The topological polar surface area (TPSA) is 85.5 Å². The van der Waals surface area contributed by atoms with Gasteiger partial charge in [0.15, 0.2) is 6.61 Å². The maximum atomic E-state index is 12.4. The van der Waals surface area contributed by atoms with Gasteiger partial charge in [0.1, 0.15) is 0 Å². The van der Waals surface area contributed by atoms with Gasteiger partial charge in [-0.25, -0.2) is 0 Å². The van der Waals surface area contributed by atoms with Crippen LogP contribution in [0, 0.1) is 5.92 Å². The number of esters is 1. The number of benzene rings is 1. The molecule has 4 rings (SSSR count). The van der Waals surface area contributed by atoms with Crippen molar-refractivity contribution >= 4 is 40.7 Å². The number of nitrogens with zero attached hydrogens (tertiary/aromatic N) is 3. The van der Waals surface area contributed by atoms with Crippen LogP contribution in [0.4, 0.5) is 5.69 Å². The molecule has 1 unspecified atom stereocenters. The third-order valence-electron chi connectivity index (χ3n) is 4.42. The van der Waals surface area contributed by atoms with Crippen LogP contribution in [0.5, 0.6) is 0 Å². The fraction of sp³-hybridized carbons (Fsp3) is 0.263. The molecule has 1 fully saturated rings. The minimum absolute atomic E-state index is 0.0837. The van der Waals surface area contributed by atoms with E-state index in [9.17, 15) is 9.59 Å². The van der Waals surface area contributed by atoms with Crippen molar-refractivity contribution in [1.82, 2.24) is 10.1 Å². The summed E-state index contributed by atoms with van der Waals surface area (Å²) in [6, 6.07) is 9.57. The zero-order valence-corrected chi connectivity index (χ0v) is 16.7. The Hall–Kier alpha value is -2.65. The lowest BCUT2D eigenvalue weighted by Crippen LogP contribution is -2.26. The number of carbonyl (C=O) groups is 2. The monoisotopic (exact) mass is 415 g/mol. The summed E-state index contributed by atoms with van der Waals surface area (Å²) in [5.74, 6) is -0.334. The molecular weight excluding hydrogens is 398 g/mol. The Labute approximate surface area is 169 Å². The maximum absolute atomic E-state index is 12.4. The van der Waals surface area contributed by atoms with Crippen LogP contribution in [0.1, 0.15) is 12.2 Å². The molecule has 0 bridgehead atoms. The van der Waals surface area contributed by atoms with Gasteiger partial charge >= 0.3 is 5.97 Å². The zero-order chi connectivity index (χ0) is 19.5. The fourth-order valence-corrected chi connectivity index (χ4v) is 3.98. The van der Waals surface area contributed by atoms with Crippen LogP contribution in [0.3, 0.4) is 0 Å². The molecular formula is C19H17N3O4S2. The van der Waals surface area contributed by atoms with Crippen molar-refractivity contribution in [1.29, 1.82) is 0 Å². The number of carbonyl (C=O) groups excluding carboxylic acids is 2. The second-order valence-electron chi connectivity index (χ2n) is 6.24. The first-order valence-electron chi connectivity index (χ1n) is 8.60. The van der Waals surface area contributed by atoms with E-state index in [0.717, 1.165) is 16.1 Å². The van der Waals surface area contributed by atoms with Gasteiger partial charge in [-0.15, -0.1) is 11.8 Å². The lowest BCUT2D eigenvalue weighted by molar-refractivity contribution is -0.149. The largest absolute Gasteiger partial charge is 0.457 e. The lowest BCUT2D eigenvalue weighted by atomic mass is 10.1. The quantitative estimate of drug-likeness (QED) is 0.449. The molecule has 7 nitrogen and oxygen atoms in total. The molecule has 9 heteroatoms. The lowest BCUT2D eigenvalue weighted by Gasteiger charge is -2.16. The van der Waals surface area contributed by atoms with Gasteiger partial charge in [0.2, 0.25) is 11.7 Å². The molecule has 0 spiro atoms. The van der Waals surface area contributed by atoms with Crippen molar-refractivity contribution < 1.29 is 18.8 Å². The normalized spacial score (nSPS) is 16.5. The Morgan fingerprint density at radius 3 is 2.89 bits per heavy atom. The number of amides is 1. The minimum Gasteiger partial charge on any atom is -0.457 e. The Balaban J connectivity index is 1.34.